The first-order valence-electron chi connectivity index (χ1n) is 7.64. The summed E-state index contributed by atoms with van der Waals surface area (Å²) in [5, 5.41) is 3.65. The molecule has 0 spiro atoms. The summed E-state index contributed by atoms with van der Waals surface area (Å²) in [6.07, 6.45) is 8.67. The lowest BCUT2D eigenvalue weighted by atomic mass is 9.83. The minimum atomic E-state index is 0.691. The maximum atomic E-state index is 5.50. The average Bonchev–Trinajstić information content (AvgIpc) is 2.91. The van der Waals surface area contributed by atoms with Crippen LogP contribution in [0.5, 0.6) is 0 Å². The Labute approximate surface area is 107 Å². The fraction of sp³-hybridized carbons (Fsp3) is 1.00. The van der Waals surface area contributed by atoms with Gasteiger partial charge in [0, 0.05) is 19.3 Å². The number of hydrogen-bond acceptors (Lipinski definition) is 2. The normalized spacial score (nSPS) is 33.2. The molecule has 0 heterocycles. The third-order valence-electron chi connectivity index (χ3n) is 4.78. The number of nitrogens with one attached hydrogen (secondary N) is 1. The van der Waals surface area contributed by atoms with Gasteiger partial charge in [-0.25, -0.2) is 0 Å². The molecule has 100 valence electrons. The molecule has 0 aromatic heterocycles. The first-order valence-corrected chi connectivity index (χ1v) is 7.64. The monoisotopic (exact) mass is 239 g/mol. The summed E-state index contributed by atoms with van der Waals surface area (Å²) in [4.78, 5) is 0. The number of hydrogen-bond donors (Lipinski definition) is 1. The van der Waals surface area contributed by atoms with E-state index in [2.05, 4.69) is 19.2 Å². The van der Waals surface area contributed by atoms with Gasteiger partial charge in [-0.05, 0) is 63.3 Å². The van der Waals surface area contributed by atoms with Crippen molar-refractivity contribution >= 4 is 0 Å². The molecule has 4 unspecified atom stereocenters. The van der Waals surface area contributed by atoms with Gasteiger partial charge in [-0.2, -0.15) is 0 Å². The highest BCUT2D eigenvalue weighted by Gasteiger charge is 2.39. The van der Waals surface area contributed by atoms with Crippen LogP contribution in [-0.2, 0) is 4.74 Å². The van der Waals surface area contributed by atoms with Gasteiger partial charge >= 0.3 is 0 Å². The molecule has 2 nitrogen and oxygen atoms in total. The average molecular weight is 239 g/mol. The first kappa shape index (κ1) is 13.4. The van der Waals surface area contributed by atoms with Gasteiger partial charge < -0.3 is 10.1 Å². The van der Waals surface area contributed by atoms with Gasteiger partial charge in [0.25, 0.3) is 0 Å². The van der Waals surface area contributed by atoms with Crippen LogP contribution in [0.25, 0.3) is 0 Å². The van der Waals surface area contributed by atoms with Crippen molar-refractivity contribution in [3.63, 3.8) is 0 Å². The summed E-state index contributed by atoms with van der Waals surface area (Å²) < 4.78 is 5.50. The van der Waals surface area contributed by atoms with Crippen LogP contribution in [-0.4, -0.2) is 25.8 Å². The van der Waals surface area contributed by atoms with E-state index < -0.39 is 0 Å². The molecular formula is C15H29NO. The van der Waals surface area contributed by atoms with Crippen LogP contribution in [0.3, 0.4) is 0 Å². The van der Waals surface area contributed by atoms with Crippen molar-refractivity contribution in [3.8, 4) is 0 Å². The van der Waals surface area contributed by atoms with Crippen LogP contribution in [0.2, 0.25) is 0 Å². The Hall–Kier alpha value is -0.0800. The lowest BCUT2D eigenvalue weighted by Gasteiger charge is -2.27. The zero-order valence-corrected chi connectivity index (χ0v) is 11.6. The van der Waals surface area contributed by atoms with E-state index in [4.69, 9.17) is 4.74 Å². The van der Waals surface area contributed by atoms with Crippen molar-refractivity contribution in [2.24, 2.45) is 17.8 Å². The second-order valence-electron chi connectivity index (χ2n) is 5.91. The molecule has 17 heavy (non-hydrogen) atoms. The fourth-order valence-electron chi connectivity index (χ4n) is 3.99. The summed E-state index contributed by atoms with van der Waals surface area (Å²) in [6, 6.07) is 0.691. The molecule has 0 radical (unpaired) electrons. The van der Waals surface area contributed by atoms with Gasteiger partial charge in [0.05, 0.1) is 0 Å². The highest BCUT2D eigenvalue weighted by atomic mass is 16.5. The zero-order chi connectivity index (χ0) is 12.1. The standard InChI is InChI=1S/C15H29NO/c1-3-16-15(7-8-17-4-2)11-14-10-12-5-6-13(14)9-12/h12-16H,3-11H2,1-2H3. The van der Waals surface area contributed by atoms with Crippen LogP contribution in [0.4, 0.5) is 0 Å². The smallest absolute Gasteiger partial charge is 0.0480 e. The van der Waals surface area contributed by atoms with E-state index in [0.717, 1.165) is 37.5 Å². The molecule has 0 aromatic rings. The maximum Gasteiger partial charge on any atom is 0.0480 e. The lowest BCUT2D eigenvalue weighted by Crippen LogP contribution is -2.33. The van der Waals surface area contributed by atoms with Crippen molar-refractivity contribution in [2.45, 2.75) is 58.4 Å². The first-order chi connectivity index (χ1) is 8.33. The van der Waals surface area contributed by atoms with Crippen molar-refractivity contribution in [1.82, 2.24) is 5.32 Å². The second-order valence-corrected chi connectivity index (χ2v) is 5.91. The molecule has 0 aliphatic heterocycles. The van der Waals surface area contributed by atoms with E-state index in [1.54, 1.807) is 0 Å². The van der Waals surface area contributed by atoms with Gasteiger partial charge in [0.2, 0.25) is 0 Å². The summed E-state index contributed by atoms with van der Waals surface area (Å²) >= 11 is 0. The Balaban J connectivity index is 1.72. The predicted octanol–water partition coefficient (Wildman–Crippen LogP) is 3.22. The van der Waals surface area contributed by atoms with Crippen LogP contribution >= 0.6 is 0 Å². The highest BCUT2D eigenvalue weighted by molar-refractivity contribution is 4.91. The third kappa shape index (κ3) is 3.69. The Kier molecular flexibility index (Phi) is 5.30. The van der Waals surface area contributed by atoms with E-state index in [-0.39, 0.29) is 0 Å². The van der Waals surface area contributed by atoms with Crippen LogP contribution in [0.1, 0.15) is 52.4 Å². The summed E-state index contributed by atoms with van der Waals surface area (Å²) in [5.74, 6) is 3.16. The largest absolute Gasteiger partial charge is 0.382 e. The summed E-state index contributed by atoms with van der Waals surface area (Å²) in [6.45, 7) is 7.17. The highest BCUT2D eigenvalue weighted by Crippen LogP contribution is 2.49. The van der Waals surface area contributed by atoms with Crippen molar-refractivity contribution in [1.29, 1.82) is 0 Å². The molecule has 2 saturated carbocycles. The Morgan fingerprint density at radius 1 is 1.24 bits per heavy atom. The maximum absolute atomic E-state index is 5.50. The van der Waals surface area contributed by atoms with Crippen molar-refractivity contribution in [2.75, 3.05) is 19.8 Å². The molecule has 0 aromatic carbocycles. The molecule has 0 amide bonds. The Morgan fingerprint density at radius 3 is 2.71 bits per heavy atom. The SMILES string of the molecule is CCNC(CCOCC)CC1CC2CCC1C2. The quantitative estimate of drug-likeness (QED) is 0.657. The molecule has 2 bridgehead atoms. The molecule has 2 aliphatic rings. The summed E-state index contributed by atoms with van der Waals surface area (Å²) in [7, 11) is 0. The zero-order valence-electron chi connectivity index (χ0n) is 11.6. The molecule has 2 fully saturated rings. The van der Waals surface area contributed by atoms with E-state index in [9.17, 15) is 0 Å². The van der Waals surface area contributed by atoms with Gasteiger partial charge in [0.15, 0.2) is 0 Å². The van der Waals surface area contributed by atoms with Crippen molar-refractivity contribution < 1.29 is 4.74 Å². The molecule has 4 atom stereocenters. The Morgan fingerprint density at radius 2 is 2.12 bits per heavy atom. The number of rotatable bonds is 8. The topological polar surface area (TPSA) is 21.3 Å². The molecule has 2 rings (SSSR count). The van der Waals surface area contributed by atoms with E-state index in [0.29, 0.717) is 6.04 Å². The third-order valence-corrected chi connectivity index (χ3v) is 4.78. The van der Waals surface area contributed by atoms with Crippen LogP contribution in [0, 0.1) is 17.8 Å². The van der Waals surface area contributed by atoms with E-state index >= 15 is 0 Å². The summed E-state index contributed by atoms with van der Waals surface area (Å²) in [5.41, 5.74) is 0. The van der Waals surface area contributed by atoms with Crippen LogP contribution in [0.15, 0.2) is 0 Å². The minimum absolute atomic E-state index is 0.691. The number of fused-ring (bicyclic) bond motifs is 2. The molecule has 1 N–H and O–H groups in total. The van der Waals surface area contributed by atoms with E-state index in [1.807, 2.05) is 0 Å². The van der Waals surface area contributed by atoms with Gasteiger partial charge in [-0.1, -0.05) is 13.3 Å². The van der Waals surface area contributed by atoms with Crippen molar-refractivity contribution in [3.05, 3.63) is 0 Å². The lowest BCUT2D eigenvalue weighted by molar-refractivity contribution is 0.130. The van der Waals surface area contributed by atoms with Gasteiger partial charge in [-0.3, -0.25) is 0 Å². The molecule has 0 saturated heterocycles. The molecule has 2 aliphatic carbocycles. The number of ether oxygens (including phenoxy) is 1. The fourth-order valence-corrected chi connectivity index (χ4v) is 3.99. The second kappa shape index (κ2) is 6.75. The minimum Gasteiger partial charge on any atom is -0.382 e. The van der Waals surface area contributed by atoms with E-state index in [1.165, 1.54) is 38.5 Å². The predicted molar refractivity (Wildman–Crippen MR) is 72.1 cm³/mol. The van der Waals surface area contributed by atoms with Crippen LogP contribution < -0.4 is 5.32 Å². The Bertz CT molecular complexity index is 219. The molecule has 2 heteroatoms. The van der Waals surface area contributed by atoms with Gasteiger partial charge in [0.1, 0.15) is 0 Å². The molecular weight excluding hydrogens is 210 g/mol. The van der Waals surface area contributed by atoms with Gasteiger partial charge in [-0.15, -0.1) is 0 Å².